The number of hydrogen-bond donors (Lipinski definition) is 0. The second-order valence-corrected chi connectivity index (χ2v) is 8.04. The van der Waals surface area contributed by atoms with Crippen molar-refractivity contribution in [3.05, 3.63) is 87.0 Å². The van der Waals surface area contributed by atoms with E-state index in [1.165, 1.54) is 28.8 Å². The lowest BCUT2D eigenvalue weighted by atomic mass is 10.1. The van der Waals surface area contributed by atoms with E-state index in [0.717, 1.165) is 11.3 Å². The lowest BCUT2D eigenvalue weighted by Gasteiger charge is -2.14. The van der Waals surface area contributed by atoms with Crippen LogP contribution in [0, 0.1) is 17.0 Å². The Labute approximate surface area is 176 Å². The van der Waals surface area contributed by atoms with E-state index in [1.807, 2.05) is 31.2 Å². The monoisotopic (exact) mass is 422 g/mol. The van der Waals surface area contributed by atoms with Crippen LogP contribution in [0.3, 0.4) is 0 Å². The molecule has 0 N–H and O–H groups in total. The molecule has 3 aromatic rings. The largest absolute Gasteiger partial charge is 0.457 e. The Kier molecular flexibility index (Phi) is 5.04. The molecule has 1 saturated heterocycles. The number of carbonyl (C=O) groups is 1. The number of amides is 1. The zero-order valence-corrected chi connectivity index (χ0v) is 16.8. The molecule has 8 heteroatoms. The van der Waals surface area contributed by atoms with E-state index in [2.05, 4.69) is 0 Å². The summed E-state index contributed by atoms with van der Waals surface area (Å²) in [4.78, 5) is 25.2. The van der Waals surface area contributed by atoms with Crippen LogP contribution in [0.4, 0.5) is 11.4 Å². The average molecular weight is 422 g/mol. The van der Waals surface area contributed by atoms with E-state index in [-0.39, 0.29) is 11.6 Å². The lowest BCUT2D eigenvalue weighted by Crippen LogP contribution is -2.27. The van der Waals surface area contributed by atoms with Crippen molar-refractivity contribution < 1.29 is 14.1 Å². The first-order chi connectivity index (χ1) is 13.9. The van der Waals surface area contributed by atoms with Crippen LogP contribution < -0.4 is 4.90 Å². The number of rotatable bonds is 4. The van der Waals surface area contributed by atoms with Crippen LogP contribution in [0.15, 0.2) is 70.0 Å². The number of thioether (sulfide) groups is 1. The highest BCUT2D eigenvalue weighted by molar-refractivity contribution is 8.27. The molecular weight excluding hydrogens is 408 g/mol. The third kappa shape index (κ3) is 3.85. The Hall–Kier alpha value is -3.23. The summed E-state index contributed by atoms with van der Waals surface area (Å²) in [7, 11) is 0. The van der Waals surface area contributed by atoms with Gasteiger partial charge in [0, 0.05) is 23.8 Å². The molecule has 29 heavy (non-hydrogen) atoms. The fourth-order valence-electron chi connectivity index (χ4n) is 2.92. The van der Waals surface area contributed by atoms with Gasteiger partial charge >= 0.3 is 0 Å². The zero-order valence-electron chi connectivity index (χ0n) is 15.2. The third-order valence-electron chi connectivity index (χ3n) is 4.32. The smallest absolute Gasteiger partial charge is 0.270 e. The van der Waals surface area contributed by atoms with Gasteiger partial charge in [0.25, 0.3) is 11.6 Å². The molecule has 0 saturated carbocycles. The van der Waals surface area contributed by atoms with Gasteiger partial charge in [0.2, 0.25) is 0 Å². The van der Waals surface area contributed by atoms with Crippen molar-refractivity contribution in [2.75, 3.05) is 4.90 Å². The van der Waals surface area contributed by atoms with E-state index in [4.69, 9.17) is 16.6 Å². The molecule has 144 valence electrons. The van der Waals surface area contributed by atoms with Crippen molar-refractivity contribution in [1.82, 2.24) is 0 Å². The molecule has 2 heterocycles. The summed E-state index contributed by atoms with van der Waals surface area (Å²) in [6, 6.07) is 17.2. The van der Waals surface area contributed by atoms with Gasteiger partial charge in [-0.3, -0.25) is 19.8 Å². The number of anilines is 1. The zero-order chi connectivity index (χ0) is 20.5. The maximum absolute atomic E-state index is 12.9. The van der Waals surface area contributed by atoms with Crippen LogP contribution >= 0.6 is 24.0 Å². The summed E-state index contributed by atoms with van der Waals surface area (Å²) in [6.45, 7) is 1.96. The summed E-state index contributed by atoms with van der Waals surface area (Å²) in [5.74, 6) is 0.863. The number of aryl methyl sites for hydroxylation is 1. The van der Waals surface area contributed by atoms with E-state index in [1.54, 1.807) is 30.3 Å². The van der Waals surface area contributed by atoms with Crippen molar-refractivity contribution in [3.8, 4) is 11.3 Å². The van der Waals surface area contributed by atoms with E-state index in [9.17, 15) is 14.9 Å². The topological polar surface area (TPSA) is 76.6 Å². The third-order valence-corrected chi connectivity index (χ3v) is 5.62. The molecule has 1 aliphatic rings. The Morgan fingerprint density at radius 2 is 1.90 bits per heavy atom. The van der Waals surface area contributed by atoms with E-state index < -0.39 is 4.92 Å². The lowest BCUT2D eigenvalue weighted by molar-refractivity contribution is -0.384. The van der Waals surface area contributed by atoms with Crippen LogP contribution in [0.25, 0.3) is 17.4 Å². The first-order valence-electron chi connectivity index (χ1n) is 8.62. The SMILES string of the molecule is Cc1cccc(N2C(=O)/C(=C/c3ccc(-c4ccc([N+](=O)[O-])cc4)o3)SC2=S)c1. The number of benzene rings is 2. The fraction of sp³-hybridized carbons (Fsp3) is 0.0476. The quantitative estimate of drug-likeness (QED) is 0.237. The van der Waals surface area contributed by atoms with Crippen LogP contribution in [0.5, 0.6) is 0 Å². The second-order valence-electron chi connectivity index (χ2n) is 6.36. The molecule has 1 aliphatic heterocycles. The minimum atomic E-state index is -0.451. The number of carbonyl (C=O) groups excluding carboxylic acids is 1. The molecule has 0 spiro atoms. The molecule has 6 nitrogen and oxygen atoms in total. The van der Waals surface area contributed by atoms with Gasteiger partial charge in [0.1, 0.15) is 11.5 Å². The normalized spacial score (nSPS) is 15.3. The minimum Gasteiger partial charge on any atom is -0.457 e. The molecule has 2 aromatic carbocycles. The summed E-state index contributed by atoms with van der Waals surface area (Å²) in [6.07, 6.45) is 1.66. The Balaban J connectivity index is 1.58. The van der Waals surface area contributed by atoms with Gasteiger partial charge in [-0.15, -0.1) is 0 Å². The van der Waals surface area contributed by atoms with Gasteiger partial charge in [-0.1, -0.05) is 36.1 Å². The van der Waals surface area contributed by atoms with Crippen molar-refractivity contribution in [2.24, 2.45) is 0 Å². The average Bonchev–Trinajstić information content (AvgIpc) is 3.26. The highest BCUT2D eigenvalue weighted by Crippen LogP contribution is 2.37. The Morgan fingerprint density at radius 3 is 2.59 bits per heavy atom. The molecule has 4 rings (SSSR count). The number of non-ortho nitro benzene ring substituents is 1. The van der Waals surface area contributed by atoms with Crippen molar-refractivity contribution in [2.45, 2.75) is 6.92 Å². The van der Waals surface area contributed by atoms with Crippen LogP contribution in [-0.4, -0.2) is 15.2 Å². The molecule has 0 atom stereocenters. The van der Waals surface area contributed by atoms with Gasteiger partial charge in [0.05, 0.1) is 15.5 Å². The number of nitro benzene ring substituents is 1. The van der Waals surface area contributed by atoms with Crippen molar-refractivity contribution >= 4 is 51.7 Å². The Bertz CT molecular complexity index is 1170. The van der Waals surface area contributed by atoms with Gasteiger partial charge in [0.15, 0.2) is 4.32 Å². The molecular formula is C21H14N2O4S2. The maximum atomic E-state index is 12.9. The number of thiocarbonyl (C=S) groups is 1. The summed E-state index contributed by atoms with van der Waals surface area (Å²) in [5.41, 5.74) is 2.50. The highest BCUT2D eigenvalue weighted by Gasteiger charge is 2.33. The number of furan rings is 1. The second kappa shape index (κ2) is 7.65. The first kappa shape index (κ1) is 19.1. The van der Waals surface area contributed by atoms with Gasteiger partial charge in [-0.05, 0) is 48.9 Å². The van der Waals surface area contributed by atoms with Crippen LogP contribution in [-0.2, 0) is 4.79 Å². The number of nitro groups is 1. The molecule has 0 radical (unpaired) electrons. The molecule has 0 unspecified atom stereocenters. The van der Waals surface area contributed by atoms with Gasteiger partial charge < -0.3 is 4.42 Å². The predicted molar refractivity (Wildman–Crippen MR) is 118 cm³/mol. The van der Waals surface area contributed by atoms with E-state index in [0.29, 0.717) is 26.3 Å². The predicted octanol–water partition coefficient (Wildman–Crippen LogP) is 5.57. The molecule has 1 aromatic heterocycles. The maximum Gasteiger partial charge on any atom is 0.270 e. The van der Waals surface area contributed by atoms with Crippen LogP contribution in [0.2, 0.25) is 0 Å². The molecule has 1 fully saturated rings. The number of hydrogen-bond acceptors (Lipinski definition) is 6. The Morgan fingerprint density at radius 1 is 1.14 bits per heavy atom. The van der Waals surface area contributed by atoms with Crippen molar-refractivity contribution in [1.29, 1.82) is 0 Å². The highest BCUT2D eigenvalue weighted by atomic mass is 32.2. The van der Waals surface area contributed by atoms with Crippen LogP contribution in [0.1, 0.15) is 11.3 Å². The standard InChI is InChI=1S/C21H14N2O4S2/c1-13-3-2-4-16(11-13)22-20(24)19(29-21(22)28)12-17-9-10-18(27-17)14-5-7-15(8-6-14)23(25)26/h2-12H,1H3/b19-12-. The summed E-state index contributed by atoms with van der Waals surface area (Å²) >= 11 is 6.61. The van der Waals surface area contributed by atoms with Crippen molar-refractivity contribution in [3.63, 3.8) is 0 Å². The van der Waals surface area contributed by atoms with E-state index >= 15 is 0 Å². The minimum absolute atomic E-state index is 0.0142. The van der Waals surface area contributed by atoms with Gasteiger partial charge in [-0.25, -0.2) is 0 Å². The summed E-state index contributed by atoms with van der Waals surface area (Å²) in [5, 5.41) is 10.8. The first-order valence-corrected chi connectivity index (χ1v) is 9.84. The fourth-order valence-corrected chi connectivity index (χ4v) is 4.20. The van der Waals surface area contributed by atoms with Gasteiger partial charge in [-0.2, -0.15) is 0 Å². The molecule has 1 amide bonds. The number of nitrogens with zero attached hydrogens (tertiary/aromatic N) is 2. The molecule has 0 bridgehead atoms. The molecule has 0 aliphatic carbocycles. The summed E-state index contributed by atoms with van der Waals surface area (Å²) < 4.78 is 6.27.